The normalized spacial score (nSPS) is 14.2. The van der Waals surface area contributed by atoms with Gasteiger partial charge in [0.15, 0.2) is 0 Å². The molecule has 1 aromatic carbocycles. The molecule has 2 aromatic rings. The molecule has 5 heteroatoms. The first-order valence-corrected chi connectivity index (χ1v) is 6.91. The second-order valence-electron chi connectivity index (χ2n) is 4.92. The van der Waals surface area contributed by atoms with E-state index in [-0.39, 0.29) is 11.8 Å². The average Bonchev–Trinajstić information content (AvgIpc) is 2.95. The molecule has 21 heavy (non-hydrogen) atoms. The van der Waals surface area contributed by atoms with Gasteiger partial charge >= 0.3 is 5.97 Å². The molecule has 0 spiro atoms. The highest BCUT2D eigenvalue weighted by molar-refractivity contribution is 5.84. The number of hydrogen-bond donors (Lipinski definition) is 1. The van der Waals surface area contributed by atoms with Crippen LogP contribution < -0.4 is 0 Å². The monoisotopic (exact) mass is 286 g/mol. The molecule has 0 saturated heterocycles. The van der Waals surface area contributed by atoms with E-state index in [1.54, 1.807) is 0 Å². The van der Waals surface area contributed by atoms with Crippen LogP contribution in [0.4, 0.5) is 0 Å². The zero-order chi connectivity index (χ0) is 15.2. The highest BCUT2D eigenvalue weighted by Gasteiger charge is 2.25. The van der Waals surface area contributed by atoms with Crippen molar-refractivity contribution in [2.75, 3.05) is 0 Å². The third-order valence-corrected chi connectivity index (χ3v) is 3.46. The van der Waals surface area contributed by atoms with Crippen LogP contribution in [0.5, 0.6) is 0 Å². The Kier molecular flexibility index (Phi) is 4.87. The largest absolute Gasteiger partial charge is 0.478 e. The van der Waals surface area contributed by atoms with Crippen LogP contribution in [0.3, 0.4) is 0 Å². The summed E-state index contributed by atoms with van der Waals surface area (Å²) in [5.74, 6) is 0.0216. The Labute approximate surface area is 123 Å². The van der Waals surface area contributed by atoms with E-state index in [0.717, 1.165) is 18.1 Å². The minimum atomic E-state index is -1.05. The number of rotatable bonds is 6. The van der Waals surface area contributed by atoms with Gasteiger partial charge in [0.1, 0.15) is 0 Å². The number of hydrogen-bond acceptors (Lipinski definition) is 4. The highest BCUT2D eigenvalue weighted by atomic mass is 16.4. The van der Waals surface area contributed by atoms with E-state index in [2.05, 4.69) is 24.0 Å². The molecule has 110 valence electrons. The maximum atomic E-state index is 10.5. The van der Waals surface area contributed by atoms with Gasteiger partial charge in [0, 0.05) is 12.2 Å². The summed E-state index contributed by atoms with van der Waals surface area (Å²) in [7, 11) is 0. The summed E-state index contributed by atoms with van der Waals surface area (Å²) in [6.45, 7) is 4.25. The topological polar surface area (TPSA) is 76.2 Å². The number of carboxylic acids is 1. The number of aliphatic carboxylic acids is 1. The lowest BCUT2D eigenvalue weighted by Gasteiger charge is -2.19. The van der Waals surface area contributed by atoms with E-state index in [9.17, 15) is 4.79 Å². The minimum Gasteiger partial charge on any atom is -0.478 e. The molecule has 0 aliphatic rings. The average molecular weight is 286 g/mol. The van der Waals surface area contributed by atoms with Crippen molar-refractivity contribution in [3.8, 4) is 0 Å². The van der Waals surface area contributed by atoms with Crippen LogP contribution in [-0.4, -0.2) is 21.3 Å². The van der Waals surface area contributed by atoms with Crippen LogP contribution in [-0.2, 0) is 4.79 Å². The molecule has 1 aromatic heterocycles. The van der Waals surface area contributed by atoms with Crippen molar-refractivity contribution in [2.24, 2.45) is 5.92 Å². The Hall–Kier alpha value is -2.43. The van der Waals surface area contributed by atoms with Crippen molar-refractivity contribution < 1.29 is 14.3 Å². The summed E-state index contributed by atoms with van der Waals surface area (Å²) in [4.78, 5) is 10.5. The lowest BCUT2D eigenvalue weighted by atomic mass is 9.85. The summed E-state index contributed by atoms with van der Waals surface area (Å²) < 4.78 is 5.60. The van der Waals surface area contributed by atoms with E-state index in [1.165, 1.54) is 6.08 Å². The van der Waals surface area contributed by atoms with Gasteiger partial charge in [0.25, 0.3) is 0 Å². The SMILES string of the molecule is CCC(C)C(c1ccccc1)c1nnc(/C=C/C(=O)O)o1. The first-order chi connectivity index (χ1) is 10.1. The Bertz CT molecular complexity index is 619. The smallest absolute Gasteiger partial charge is 0.328 e. The molecule has 0 amide bonds. The lowest BCUT2D eigenvalue weighted by molar-refractivity contribution is -0.131. The summed E-state index contributed by atoms with van der Waals surface area (Å²) in [6.07, 6.45) is 3.26. The number of carbonyl (C=O) groups is 1. The fourth-order valence-corrected chi connectivity index (χ4v) is 2.19. The molecule has 5 nitrogen and oxygen atoms in total. The first kappa shape index (κ1) is 15.0. The minimum absolute atomic E-state index is 0.00989. The molecular formula is C16H18N2O3. The van der Waals surface area contributed by atoms with E-state index in [1.807, 2.05) is 30.3 Å². The molecule has 0 radical (unpaired) electrons. The van der Waals surface area contributed by atoms with Crippen LogP contribution in [0.1, 0.15) is 43.5 Å². The summed E-state index contributed by atoms with van der Waals surface area (Å²) in [5.41, 5.74) is 1.12. The predicted octanol–water partition coefficient (Wildman–Crippen LogP) is 3.35. The molecule has 0 aliphatic carbocycles. The van der Waals surface area contributed by atoms with Gasteiger partial charge in [-0.3, -0.25) is 0 Å². The van der Waals surface area contributed by atoms with Crippen molar-refractivity contribution in [3.63, 3.8) is 0 Å². The van der Waals surface area contributed by atoms with Gasteiger partial charge in [-0.05, 0) is 11.5 Å². The van der Waals surface area contributed by atoms with Gasteiger partial charge in [-0.15, -0.1) is 10.2 Å². The Morgan fingerprint density at radius 3 is 2.67 bits per heavy atom. The van der Waals surface area contributed by atoms with Crippen LogP contribution in [0.2, 0.25) is 0 Å². The number of benzene rings is 1. The Morgan fingerprint density at radius 1 is 1.33 bits per heavy atom. The fraction of sp³-hybridized carbons (Fsp3) is 0.312. The molecule has 0 saturated carbocycles. The predicted molar refractivity (Wildman–Crippen MR) is 78.7 cm³/mol. The van der Waals surface area contributed by atoms with Gasteiger partial charge in [-0.2, -0.15) is 0 Å². The number of nitrogens with zero attached hydrogens (tertiary/aromatic N) is 2. The molecule has 0 bridgehead atoms. The molecule has 0 fully saturated rings. The van der Waals surface area contributed by atoms with Gasteiger partial charge in [0.05, 0.1) is 5.92 Å². The van der Waals surface area contributed by atoms with E-state index in [0.29, 0.717) is 11.8 Å². The van der Waals surface area contributed by atoms with Crippen molar-refractivity contribution in [2.45, 2.75) is 26.2 Å². The van der Waals surface area contributed by atoms with E-state index in [4.69, 9.17) is 9.52 Å². The maximum absolute atomic E-state index is 10.5. The van der Waals surface area contributed by atoms with E-state index >= 15 is 0 Å². The zero-order valence-electron chi connectivity index (χ0n) is 12.1. The summed E-state index contributed by atoms with van der Waals surface area (Å²) in [6, 6.07) is 9.99. The van der Waals surface area contributed by atoms with Crippen molar-refractivity contribution in [3.05, 3.63) is 53.8 Å². The Balaban J connectivity index is 2.32. The van der Waals surface area contributed by atoms with Crippen LogP contribution in [0, 0.1) is 5.92 Å². The second-order valence-corrected chi connectivity index (χ2v) is 4.92. The molecule has 2 atom stereocenters. The van der Waals surface area contributed by atoms with Crippen molar-refractivity contribution >= 4 is 12.0 Å². The van der Waals surface area contributed by atoms with Gasteiger partial charge in [0.2, 0.25) is 11.8 Å². The third kappa shape index (κ3) is 3.78. The summed E-state index contributed by atoms with van der Waals surface area (Å²) >= 11 is 0. The quantitative estimate of drug-likeness (QED) is 0.824. The molecule has 2 unspecified atom stereocenters. The Morgan fingerprint density at radius 2 is 2.05 bits per heavy atom. The second kappa shape index (κ2) is 6.83. The van der Waals surface area contributed by atoms with Gasteiger partial charge in [-0.1, -0.05) is 50.6 Å². The highest BCUT2D eigenvalue weighted by Crippen LogP contribution is 2.32. The van der Waals surface area contributed by atoms with Crippen LogP contribution in [0.15, 0.2) is 40.8 Å². The van der Waals surface area contributed by atoms with Gasteiger partial charge < -0.3 is 9.52 Å². The van der Waals surface area contributed by atoms with Crippen LogP contribution >= 0.6 is 0 Å². The standard InChI is InChI=1S/C16H18N2O3/c1-3-11(2)15(12-7-5-4-6-8-12)16-18-17-13(21-16)9-10-14(19)20/h4-11,15H,3H2,1-2H3,(H,19,20)/b10-9+. The van der Waals surface area contributed by atoms with Crippen molar-refractivity contribution in [1.82, 2.24) is 10.2 Å². The number of carboxylic acid groups (broad SMARTS) is 1. The third-order valence-electron chi connectivity index (χ3n) is 3.46. The zero-order valence-corrected chi connectivity index (χ0v) is 12.1. The van der Waals surface area contributed by atoms with E-state index < -0.39 is 5.97 Å². The summed E-state index contributed by atoms with van der Waals surface area (Å²) in [5, 5.41) is 16.6. The van der Waals surface area contributed by atoms with Gasteiger partial charge in [-0.25, -0.2) is 4.79 Å². The number of aromatic nitrogens is 2. The maximum Gasteiger partial charge on any atom is 0.328 e. The first-order valence-electron chi connectivity index (χ1n) is 6.91. The van der Waals surface area contributed by atoms with Crippen LogP contribution in [0.25, 0.3) is 6.08 Å². The molecule has 1 N–H and O–H groups in total. The van der Waals surface area contributed by atoms with Crippen molar-refractivity contribution in [1.29, 1.82) is 0 Å². The molecule has 0 aliphatic heterocycles. The molecule has 1 heterocycles. The molecular weight excluding hydrogens is 268 g/mol. The fourth-order valence-electron chi connectivity index (χ4n) is 2.19. The lowest BCUT2D eigenvalue weighted by Crippen LogP contribution is -2.11. The molecule has 2 rings (SSSR count).